The van der Waals surface area contributed by atoms with Gasteiger partial charge in [0.1, 0.15) is 10.3 Å². The Morgan fingerprint density at radius 2 is 1.97 bits per heavy atom. The molecule has 1 aliphatic rings. The standard InChI is InChI=1S/C21H23N3O5S3/c1-28-17-9-8-14(12-18(17)29-2)15-13-31-21(22-15)23-20(25)16-6-3-4-10-24(16)32(26,27)19-7-5-11-30-19/h5,7-9,11-13,16H,3-4,6,10H2,1-2H3,(H,22,23,25). The van der Waals surface area contributed by atoms with E-state index >= 15 is 0 Å². The Hall–Kier alpha value is -2.47. The fourth-order valence-electron chi connectivity index (χ4n) is 3.63. The van der Waals surface area contributed by atoms with Crippen molar-refractivity contribution >= 4 is 43.7 Å². The summed E-state index contributed by atoms with van der Waals surface area (Å²) < 4.78 is 38.3. The molecule has 0 radical (unpaired) electrons. The van der Waals surface area contributed by atoms with Crippen LogP contribution >= 0.6 is 22.7 Å². The maximum absolute atomic E-state index is 13.0. The lowest BCUT2D eigenvalue weighted by Gasteiger charge is -2.32. The minimum absolute atomic E-state index is 0.252. The fourth-order valence-corrected chi connectivity index (χ4v) is 7.13. The number of sulfonamides is 1. The van der Waals surface area contributed by atoms with Gasteiger partial charge in [-0.05, 0) is 42.5 Å². The number of aromatic nitrogens is 1. The molecular weight excluding hydrogens is 470 g/mol. The van der Waals surface area contributed by atoms with E-state index in [9.17, 15) is 13.2 Å². The molecule has 1 aromatic carbocycles. The highest BCUT2D eigenvalue weighted by Gasteiger charge is 2.38. The van der Waals surface area contributed by atoms with Gasteiger partial charge in [0.05, 0.1) is 19.9 Å². The molecule has 1 saturated heterocycles. The summed E-state index contributed by atoms with van der Waals surface area (Å²) in [7, 11) is -0.574. The minimum atomic E-state index is -3.71. The summed E-state index contributed by atoms with van der Waals surface area (Å²) in [5, 5.41) is 6.78. The predicted octanol–water partition coefficient (Wildman–Crippen LogP) is 4.07. The van der Waals surface area contributed by atoms with Gasteiger partial charge < -0.3 is 14.8 Å². The number of rotatable bonds is 7. The Kier molecular flexibility index (Phi) is 6.79. The number of carbonyl (C=O) groups excluding carboxylic acids is 1. The second-order valence-corrected chi connectivity index (χ2v) is 11.1. The topological polar surface area (TPSA) is 97.8 Å². The van der Waals surface area contributed by atoms with Gasteiger partial charge in [0.2, 0.25) is 5.91 Å². The smallest absolute Gasteiger partial charge is 0.253 e. The van der Waals surface area contributed by atoms with Crippen molar-refractivity contribution < 1.29 is 22.7 Å². The van der Waals surface area contributed by atoms with Crippen molar-refractivity contribution in [2.45, 2.75) is 29.5 Å². The third kappa shape index (κ3) is 4.51. The van der Waals surface area contributed by atoms with Crippen molar-refractivity contribution in [3.8, 4) is 22.8 Å². The number of hydrogen-bond acceptors (Lipinski definition) is 8. The molecule has 8 nitrogen and oxygen atoms in total. The van der Waals surface area contributed by atoms with Crippen LogP contribution in [0.3, 0.4) is 0 Å². The van der Waals surface area contributed by atoms with Crippen molar-refractivity contribution in [3.63, 3.8) is 0 Å². The highest BCUT2D eigenvalue weighted by molar-refractivity contribution is 7.91. The second kappa shape index (κ2) is 9.57. The number of piperidine rings is 1. The Morgan fingerprint density at radius 1 is 1.16 bits per heavy atom. The van der Waals surface area contributed by atoms with Gasteiger partial charge in [-0.3, -0.25) is 4.79 Å². The third-order valence-corrected chi connectivity index (χ3v) is 9.27. The summed E-state index contributed by atoms with van der Waals surface area (Å²) in [6.07, 6.45) is 2.00. The van der Waals surface area contributed by atoms with Crippen LogP contribution in [0.5, 0.6) is 11.5 Å². The van der Waals surface area contributed by atoms with Gasteiger partial charge in [-0.15, -0.1) is 22.7 Å². The van der Waals surface area contributed by atoms with Crippen molar-refractivity contribution in [3.05, 3.63) is 41.1 Å². The van der Waals surface area contributed by atoms with E-state index in [1.165, 1.54) is 15.6 Å². The van der Waals surface area contributed by atoms with Crippen molar-refractivity contribution in [2.24, 2.45) is 0 Å². The van der Waals surface area contributed by atoms with Gasteiger partial charge >= 0.3 is 0 Å². The van der Waals surface area contributed by atoms with E-state index in [-0.39, 0.29) is 10.1 Å². The molecule has 4 rings (SSSR count). The molecule has 3 aromatic rings. The van der Waals surface area contributed by atoms with Gasteiger partial charge in [0.15, 0.2) is 16.6 Å². The Bertz CT molecular complexity index is 1190. The molecule has 1 N–H and O–H groups in total. The minimum Gasteiger partial charge on any atom is -0.493 e. The lowest BCUT2D eigenvalue weighted by molar-refractivity contribution is -0.120. The van der Waals surface area contributed by atoms with Crippen LogP contribution in [0.1, 0.15) is 19.3 Å². The normalized spacial score (nSPS) is 17.1. The van der Waals surface area contributed by atoms with Crippen LogP contribution in [0.2, 0.25) is 0 Å². The molecule has 170 valence electrons. The highest BCUT2D eigenvalue weighted by atomic mass is 32.2. The molecule has 0 aliphatic carbocycles. The van der Waals surface area contributed by atoms with E-state index in [4.69, 9.17) is 9.47 Å². The SMILES string of the molecule is COc1ccc(-c2csc(NC(=O)C3CCCCN3S(=O)(=O)c3cccs3)n2)cc1OC. The number of benzene rings is 1. The van der Waals surface area contributed by atoms with Gasteiger partial charge in [0, 0.05) is 17.5 Å². The van der Waals surface area contributed by atoms with Gasteiger partial charge in [-0.2, -0.15) is 4.31 Å². The van der Waals surface area contributed by atoms with Crippen LogP contribution in [0.4, 0.5) is 5.13 Å². The average Bonchev–Trinajstić information content (AvgIpc) is 3.51. The zero-order valence-electron chi connectivity index (χ0n) is 17.6. The quantitative estimate of drug-likeness (QED) is 0.533. The van der Waals surface area contributed by atoms with E-state index < -0.39 is 16.1 Å². The molecule has 1 amide bonds. The van der Waals surface area contributed by atoms with E-state index in [1.807, 2.05) is 17.5 Å². The van der Waals surface area contributed by atoms with Crippen LogP contribution in [-0.4, -0.2) is 50.4 Å². The molecule has 1 atom stereocenters. The number of thiazole rings is 1. The van der Waals surface area contributed by atoms with Gasteiger partial charge in [0.25, 0.3) is 10.0 Å². The largest absolute Gasteiger partial charge is 0.493 e. The first kappa shape index (κ1) is 22.7. The van der Waals surface area contributed by atoms with E-state index in [2.05, 4.69) is 10.3 Å². The summed E-state index contributed by atoms with van der Waals surface area (Å²) in [5.74, 6) is 0.836. The third-order valence-electron chi connectivity index (χ3n) is 5.23. The van der Waals surface area contributed by atoms with Crippen molar-refractivity contribution in [1.82, 2.24) is 9.29 Å². The molecule has 0 spiro atoms. The second-order valence-electron chi connectivity index (χ2n) is 7.16. The number of hydrogen-bond donors (Lipinski definition) is 1. The van der Waals surface area contributed by atoms with Crippen molar-refractivity contribution in [2.75, 3.05) is 26.1 Å². The molecule has 1 fully saturated rings. The zero-order chi connectivity index (χ0) is 22.7. The Morgan fingerprint density at radius 3 is 2.69 bits per heavy atom. The molecular formula is C21H23N3O5S3. The first-order valence-electron chi connectivity index (χ1n) is 9.98. The summed E-state index contributed by atoms with van der Waals surface area (Å²) in [6, 6.07) is 7.97. The molecule has 0 bridgehead atoms. The molecule has 1 unspecified atom stereocenters. The maximum Gasteiger partial charge on any atom is 0.253 e. The van der Waals surface area contributed by atoms with E-state index in [1.54, 1.807) is 37.8 Å². The summed E-state index contributed by atoms with van der Waals surface area (Å²) in [5.41, 5.74) is 1.50. The number of amides is 1. The van der Waals surface area contributed by atoms with Crippen LogP contribution in [0, 0.1) is 0 Å². The number of ether oxygens (including phenoxy) is 2. The molecule has 1 aliphatic heterocycles. The van der Waals surface area contributed by atoms with Gasteiger partial charge in [-0.25, -0.2) is 13.4 Å². The maximum atomic E-state index is 13.0. The highest BCUT2D eigenvalue weighted by Crippen LogP contribution is 2.34. The van der Waals surface area contributed by atoms with Gasteiger partial charge in [-0.1, -0.05) is 12.5 Å². The summed E-state index contributed by atoms with van der Waals surface area (Å²) in [6.45, 7) is 0.326. The predicted molar refractivity (Wildman–Crippen MR) is 125 cm³/mol. The van der Waals surface area contributed by atoms with Crippen LogP contribution in [-0.2, 0) is 14.8 Å². The fraction of sp³-hybridized carbons (Fsp3) is 0.333. The zero-order valence-corrected chi connectivity index (χ0v) is 20.1. The van der Waals surface area contributed by atoms with Crippen LogP contribution in [0.25, 0.3) is 11.3 Å². The Labute approximate surface area is 194 Å². The monoisotopic (exact) mass is 493 g/mol. The number of nitrogens with one attached hydrogen (secondary N) is 1. The first-order chi connectivity index (χ1) is 15.4. The van der Waals surface area contributed by atoms with Crippen molar-refractivity contribution in [1.29, 1.82) is 0 Å². The first-order valence-corrected chi connectivity index (χ1v) is 13.2. The average molecular weight is 494 g/mol. The lowest BCUT2D eigenvalue weighted by atomic mass is 10.0. The number of carbonyl (C=O) groups is 1. The molecule has 32 heavy (non-hydrogen) atoms. The van der Waals surface area contributed by atoms with E-state index in [0.29, 0.717) is 35.3 Å². The van der Waals surface area contributed by atoms with Crippen LogP contribution in [0.15, 0.2) is 45.3 Å². The molecule has 3 heterocycles. The number of methoxy groups -OCH3 is 2. The number of nitrogens with zero attached hydrogens (tertiary/aromatic N) is 2. The molecule has 0 saturated carbocycles. The van der Waals surface area contributed by atoms with E-state index in [0.717, 1.165) is 29.7 Å². The molecule has 11 heteroatoms. The Balaban J connectivity index is 1.52. The molecule has 2 aromatic heterocycles. The lowest BCUT2D eigenvalue weighted by Crippen LogP contribution is -2.49. The summed E-state index contributed by atoms with van der Waals surface area (Å²) >= 11 is 2.44. The number of anilines is 1. The summed E-state index contributed by atoms with van der Waals surface area (Å²) in [4.78, 5) is 17.5. The van der Waals surface area contributed by atoms with Crippen LogP contribution < -0.4 is 14.8 Å². The number of thiophene rings is 1.